The van der Waals surface area contributed by atoms with Gasteiger partial charge in [0.1, 0.15) is 18.1 Å². The van der Waals surface area contributed by atoms with E-state index in [-0.39, 0.29) is 5.41 Å². The van der Waals surface area contributed by atoms with Crippen LogP contribution in [-0.4, -0.2) is 31.1 Å². The summed E-state index contributed by atoms with van der Waals surface area (Å²) < 4.78 is 11.8. The molecule has 0 spiro atoms. The van der Waals surface area contributed by atoms with E-state index in [1.807, 2.05) is 36.4 Å². The van der Waals surface area contributed by atoms with Crippen molar-refractivity contribution in [3.8, 4) is 16.9 Å². The summed E-state index contributed by atoms with van der Waals surface area (Å²) in [5.41, 5.74) is 2.16. The summed E-state index contributed by atoms with van der Waals surface area (Å²) in [5, 5.41) is 6.46. The van der Waals surface area contributed by atoms with Gasteiger partial charge in [-0.25, -0.2) is 4.98 Å². The number of oxazole rings is 1. The maximum atomic E-state index is 6.01. The summed E-state index contributed by atoms with van der Waals surface area (Å²) in [6.07, 6.45) is 1.78. The number of aliphatic imine (C=N–C) groups is 1. The normalized spacial score (nSPS) is 11.9. The second kappa shape index (κ2) is 9.96. The van der Waals surface area contributed by atoms with Crippen LogP contribution in [0.15, 0.2) is 70.2 Å². The molecule has 0 saturated heterocycles. The molecule has 0 aliphatic heterocycles. The first-order valence-electron chi connectivity index (χ1n) is 10.1. The van der Waals surface area contributed by atoms with Gasteiger partial charge < -0.3 is 19.8 Å². The summed E-state index contributed by atoms with van der Waals surface area (Å²) in [5.74, 6) is 3.04. The Morgan fingerprint density at radius 1 is 1.03 bits per heavy atom. The van der Waals surface area contributed by atoms with Gasteiger partial charge in [0, 0.05) is 18.0 Å². The van der Waals surface area contributed by atoms with Gasteiger partial charge in [-0.15, -0.1) is 0 Å². The Hall–Kier alpha value is -3.28. The SMILES string of the molecule is CN=C(NCCOc1ccccc1-c1ccccc1)NCc1ncc(C(C)(C)C)o1. The van der Waals surface area contributed by atoms with Crippen LogP contribution >= 0.6 is 0 Å². The molecule has 158 valence electrons. The van der Waals surface area contributed by atoms with E-state index in [1.54, 1.807) is 13.2 Å². The highest BCUT2D eigenvalue weighted by Gasteiger charge is 2.19. The molecule has 3 rings (SSSR count). The lowest BCUT2D eigenvalue weighted by Gasteiger charge is -2.14. The molecule has 0 amide bonds. The van der Waals surface area contributed by atoms with E-state index in [2.05, 4.69) is 59.6 Å². The van der Waals surface area contributed by atoms with Gasteiger partial charge >= 0.3 is 0 Å². The van der Waals surface area contributed by atoms with Crippen molar-refractivity contribution in [2.24, 2.45) is 4.99 Å². The molecule has 1 aromatic heterocycles. The van der Waals surface area contributed by atoms with E-state index in [9.17, 15) is 0 Å². The second-order valence-electron chi connectivity index (χ2n) is 7.93. The Labute approximate surface area is 178 Å². The minimum absolute atomic E-state index is 0.0570. The summed E-state index contributed by atoms with van der Waals surface area (Å²) >= 11 is 0. The number of aromatic nitrogens is 1. The molecule has 0 atom stereocenters. The molecule has 0 unspecified atom stereocenters. The van der Waals surface area contributed by atoms with Crippen molar-refractivity contribution in [3.63, 3.8) is 0 Å². The zero-order chi connectivity index (χ0) is 21.4. The average molecular weight is 407 g/mol. The third kappa shape index (κ3) is 5.86. The molecule has 0 aliphatic rings. The Kier molecular flexibility index (Phi) is 7.12. The highest BCUT2D eigenvalue weighted by atomic mass is 16.5. The van der Waals surface area contributed by atoms with Crippen LogP contribution in [0.25, 0.3) is 11.1 Å². The van der Waals surface area contributed by atoms with Crippen molar-refractivity contribution in [3.05, 3.63) is 72.4 Å². The largest absolute Gasteiger partial charge is 0.491 e. The van der Waals surface area contributed by atoms with Crippen molar-refractivity contribution < 1.29 is 9.15 Å². The number of benzene rings is 2. The van der Waals surface area contributed by atoms with Gasteiger partial charge in [0.2, 0.25) is 5.89 Å². The number of hydrogen-bond acceptors (Lipinski definition) is 4. The van der Waals surface area contributed by atoms with Crippen molar-refractivity contribution in [2.75, 3.05) is 20.2 Å². The quantitative estimate of drug-likeness (QED) is 0.346. The molecule has 6 heteroatoms. The Balaban J connectivity index is 1.48. The van der Waals surface area contributed by atoms with E-state index < -0.39 is 0 Å². The minimum atomic E-state index is -0.0570. The van der Waals surface area contributed by atoms with E-state index in [0.29, 0.717) is 31.5 Å². The molecule has 0 aliphatic carbocycles. The molecule has 2 N–H and O–H groups in total. The Bertz CT molecular complexity index is 959. The van der Waals surface area contributed by atoms with Crippen LogP contribution in [0.3, 0.4) is 0 Å². The molecule has 30 heavy (non-hydrogen) atoms. The van der Waals surface area contributed by atoms with Gasteiger partial charge in [0.15, 0.2) is 5.96 Å². The number of nitrogens with one attached hydrogen (secondary N) is 2. The Morgan fingerprint density at radius 2 is 1.77 bits per heavy atom. The standard InChI is InChI=1S/C24H30N4O2/c1-24(2,3)21-16-27-22(30-21)17-28-23(25-4)26-14-15-29-20-13-9-8-12-19(20)18-10-6-5-7-11-18/h5-13,16H,14-15,17H2,1-4H3,(H2,25,26,28). The maximum absolute atomic E-state index is 6.01. The van der Waals surface area contributed by atoms with Gasteiger partial charge in [-0.2, -0.15) is 0 Å². The summed E-state index contributed by atoms with van der Waals surface area (Å²) in [4.78, 5) is 8.56. The number of ether oxygens (including phenoxy) is 1. The molecule has 0 saturated carbocycles. The predicted molar refractivity (Wildman–Crippen MR) is 121 cm³/mol. The van der Waals surface area contributed by atoms with Gasteiger partial charge in [0.05, 0.1) is 19.3 Å². The monoisotopic (exact) mass is 406 g/mol. The van der Waals surface area contributed by atoms with Gasteiger partial charge in [-0.1, -0.05) is 69.3 Å². The van der Waals surface area contributed by atoms with Gasteiger partial charge in [-0.05, 0) is 11.6 Å². The lowest BCUT2D eigenvalue weighted by Crippen LogP contribution is -2.38. The van der Waals surface area contributed by atoms with E-state index in [0.717, 1.165) is 22.6 Å². The lowest BCUT2D eigenvalue weighted by atomic mass is 9.94. The summed E-state index contributed by atoms with van der Waals surface area (Å²) in [6.45, 7) is 7.89. The van der Waals surface area contributed by atoms with Gasteiger partial charge in [0.25, 0.3) is 0 Å². The maximum Gasteiger partial charge on any atom is 0.213 e. The number of rotatable bonds is 7. The van der Waals surface area contributed by atoms with E-state index >= 15 is 0 Å². The smallest absolute Gasteiger partial charge is 0.213 e. The number of para-hydroxylation sites is 1. The fourth-order valence-electron chi connectivity index (χ4n) is 2.90. The molecule has 3 aromatic rings. The fraction of sp³-hybridized carbons (Fsp3) is 0.333. The van der Waals surface area contributed by atoms with E-state index in [1.165, 1.54) is 0 Å². The first-order valence-corrected chi connectivity index (χ1v) is 10.1. The van der Waals surface area contributed by atoms with Crippen molar-refractivity contribution in [2.45, 2.75) is 32.7 Å². The van der Waals surface area contributed by atoms with Crippen LogP contribution in [0.1, 0.15) is 32.4 Å². The highest BCUT2D eigenvalue weighted by molar-refractivity contribution is 5.79. The van der Waals surface area contributed by atoms with Crippen molar-refractivity contribution >= 4 is 5.96 Å². The summed E-state index contributed by atoms with van der Waals surface area (Å²) in [6, 6.07) is 18.3. The molecule has 6 nitrogen and oxygen atoms in total. The van der Waals surface area contributed by atoms with Crippen LogP contribution in [0.5, 0.6) is 5.75 Å². The molecule has 2 aromatic carbocycles. The van der Waals surface area contributed by atoms with Crippen LogP contribution in [0.4, 0.5) is 0 Å². The van der Waals surface area contributed by atoms with Crippen LogP contribution in [0.2, 0.25) is 0 Å². The number of nitrogens with zero attached hydrogens (tertiary/aromatic N) is 2. The van der Waals surface area contributed by atoms with E-state index in [4.69, 9.17) is 9.15 Å². The predicted octanol–water partition coefficient (Wildman–Crippen LogP) is 4.38. The zero-order valence-corrected chi connectivity index (χ0v) is 18.1. The molecule has 0 bridgehead atoms. The molecular weight excluding hydrogens is 376 g/mol. The topological polar surface area (TPSA) is 71.7 Å². The van der Waals surface area contributed by atoms with Crippen LogP contribution in [0, 0.1) is 0 Å². The fourth-order valence-corrected chi connectivity index (χ4v) is 2.90. The Morgan fingerprint density at radius 3 is 2.47 bits per heavy atom. The third-order valence-corrected chi connectivity index (χ3v) is 4.55. The van der Waals surface area contributed by atoms with Crippen LogP contribution in [-0.2, 0) is 12.0 Å². The molecule has 0 radical (unpaired) electrons. The highest BCUT2D eigenvalue weighted by Crippen LogP contribution is 2.29. The molecule has 0 fully saturated rings. The summed E-state index contributed by atoms with van der Waals surface area (Å²) in [7, 11) is 1.73. The van der Waals surface area contributed by atoms with Crippen molar-refractivity contribution in [1.82, 2.24) is 15.6 Å². The molecule has 1 heterocycles. The minimum Gasteiger partial charge on any atom is -0.491 e. The number of hydrogen-bond donors (Lipinski definition) is 2. The first kappa shape index (κ1) is 21.4. The molecular formula is C24H30N4O2. The lowest BCUT2D eigenvalue weighted by molar-refractivity contribution is 0.323. The average Bonchev–Trinajstić information content (AvgIpc) is 3.24. The third-order valence-electron chi connectivity index (χ3n) is 4.55. The van der Waals surface area contributed by atoms with Crippen molar-refractivity contribution in [1.29, 1.82) is 0 Å². The second-order valence-corrected chi connectivity index (χ2v) is 7.93. The first-order chi connectivity index (χ1) is 14.5. The zero-order valence-electron chi connectivity index (χ0n) is 18.1. The van der Waals surface area contributed by atoms with Crippen LogP contribution < -0.4 is 15.4 Å². The number of guanidine groups is 1. The van der Waals surface area contributed by atoms with Gasteiger partial charge in [-0.3, -0.25) is 4.99 Å².